The smallest absolute Gasteiger partial charge is 0.276 e. The Bertz CT molecular complexity index is 866. The average Bonchev–Trinajstić information content (AvgIpc) is 3.15. The summed E-state index contributed by atoms with van der Waals surface area (Å²) >= 11 is 0. The summed E-state index contributed by atoms with van der Waals surface area (Å²) in [6, 6.07) is 5.60. The zero-order chi connectivity index (χ0) is 19.4. The Morgan fingerprint density at radius 1 is 1.41 bits per heavy atom. The quantitative estimate of drug-likeness (QED) is 0.616. The molecular weight excluding hydrogens is 353 g/mol. The lowest BCUT2D eigenvalue weighted by Crippen LogP contribution is -2.24. The van der Waals surface area contributed by atoms with Gasteiger partial charge in [-0.15, -0.1) is 0 Å². The van der Waals surface area contributed by atoms with Crippen molar-refractivity contribution in [2.75, 3.05) is 0 Å². The average molecular weight is 373 g/mol. The number of benzene rings is 1. The van der Waals surface area contributed by atoms with E-state index in [9.17, 15) is 19.3 Å². The summed E-state index contributed by atoms with van der Waals surface area (Å²) in [5.74, 6) is -0.931. The third kappa shape index (κ3) is 4.39. The minimum absolute atomic E-state index is 0.101. The van der Waals surface area contributed by atoms with E-state index in [0.717, 1.165) is 37.8 Å². The van der Waals surface area contributed by atoms with E-state index in [4.69, 9.17) is 4.74 Å². The summed E-state index contributed by atoms with van der Waals surface area (Å²) in [5, 5.41) is 13.7. The summed E-state index contributed by atoms with van der Waals surface area (Å²) in [7, 11) is 0. The van der Waals surface area contributed by atoms with Crippen molar-refractivity contribution >= 4 is 11.6 Å². The number of halogens is 1. The van der Waals surface area contributed by atoms with Gasteiger partial charge in [0.2, 0.25) is 5.88 Å². The summed E-state index contributed by atoms with van der Waals surface area (Å²) in [6.07, 6.45) is 5.96. The van der Waals surface area contributed by atoms with E-state index in [1.54, 1.807) is 18.3 Å². The molecule has 1 amide bonds. The molecule has 27 heavy (non-hydrogen) atoms. The lowest BCUT2D eigenvalue weighted by molar-refractivity contribution is -0.385. The van der Waals surface area contributed by atoms with Crippen LogP contribution in [-0.4, -0.2) is 21.9 Å². The van der Waals surface area contributed by atoms with Gasteiger partial charge in [-0.25, -0.2) is 9.37 Å². The van der Waals surface area contributed by atoms with Crippen LogP contribution in [0, 0.1) is 22.9 Å². The number of hydrogen-bond acceptors (Lipinski definition) is 5. The van der Waals surface area contributed by atoms with Gasteiger partial charge in [0.15, 0.2) is 0 Å². The first-order chi connectivity index (χ1) is 13.0. The van der Waals surface area contributed by atoms with E-state index in [0.29, 0.717) is 11.4 Å². The van der Waals surface area contributed by atoms with Crippen LogP contribution in [0.2, 0.25) is 0 Å². The van der Waals surface area contributed by atoms with Gasteiger partial charge in [0.25, 0.3) is 11.6 Å². The van der Waals surface area contributed by atoms with Crippen LogP contribution in [-0.2, 0) is 6.54 Å². The second kappa shape index (κ2) is 8.11. The van der Waals surface area contributed by atoms with Crippen LogP contribution >= 0.6 is 0 Å². The monoisotopic (exact) mass is 373 g/mol. The largest absolute Gasteiger partial charge is 0.474 e. The molecule has 1 aromatic carbocycles. The van der Waals surface area contributed by atoms with Gasteiger partial charge < -0.3 is 10.1 Å². The van der Waals surface area contributed by atoms with Crippen LogP contribution < -0.4 is 10.1 Å². The lowest BCUT2D eigenvalue weighted by Gasteiger charge is -2.15. The van der Waals surface area contributed by atoms with Gasteiger partial charge in [-0.1, -0.05) is 6.07 Å². The number of hydrogen-bond donors (Lipinski definition) is 1. The standard InChI is InChI=1S/C19H20FN3O4/c1-12-16(20)9-14(10-17(12)23(25)26)18(24)22-11-13-5-4-8-21-19(13)27-15-6-2-3-7-15/h4-5,8-10,15H,2-3,6-7,11H2,1H3,(H,22,24). The lowest BCUT2D eigenvalue weighted by atomic mass is 10.1. The molecule has 142 valence electrons. The summed E-state index contributed by atoms with van der Waals surface area (Å²) < 4.78 is 19.8. The highest BCUT2D eigenvalue weighted by atomic mass is 19.1. The maximum Gasteiger partial charge on any atom is 0.276 e. The molecule has 1 N–H and O–H groups in total. The molecule has 1 saturated carbocycles. The molecule has 1 aliphatic rings. The normalized spacial score (nSPS) is 14.1. The minimum atomic E-state index is -0.791. The topological polar surface area (TPSA) is 94.4 Å². The van der Waals surface area contributed by atoms with Crippen molar-refractivity contribution in [1.82, 2.24) is 10.3 Å². The number of rotatable bonds is 6. The number of nitrogens with zero attached hydrogens (tertiary/aromatic N) is 2. The van der Waals surface area contributed by atoms with Gasteiger partial charge in [-0.05, 0) is 44.7 Å². The van der Waals surface area contributed by atoms with E-state index in [-0.39, 0.29) is 23.8 Å². The Labute approximate surface area is 155 Å². The number of nitrogens with one attached hydrogen (secondary N) is 1. The first-order valence-corrected chi connectivity index (χ1v) is 8.79. The number of nitro benzene ring substituents is 1. The number of pyridine rings is 1. The number of amides is 1. The van der Waals surface area contributed by atoms with Crippen molar-refractivity contribution in [2.45, 2.75) is 45.3 Å². The fourth-order valence-corrected chi connectivity index (χ4v) is 3.09. The van der Waals surface area contributed by atoms with Crippen molar-refractivity contribution in [1.29, 1.82) is 0 Å². The van der Waals surface area contributed by atoms with Gasteiger partial charge in [0.05, 0.1) is 10.5 Å². The molecule has 0 unspecified atom stereocenters. The number of nitro groups is 1. The molecule has 0 spiro atoms. The second-order valence-electron chi connectivity index (χ2n) is 6.53. The van der Waals surface area contributed by atoms with E-state index < -0.39 is 22.3 Å². The number of ether oxygens (including phenoxy) is 1. The minimum Gasteiger partial charge on any atom is -0.474 e. The van der Waals surface area contributed by atoms with E-state index >= 15 is 0 Å². The Balaban J connectivity index is 1.72. The summed E-state index contributed by atoms with van der Waals surface area (Å²) in [5.41, 5.74) is 0.0645. The molecule has 0 atom stereocenters. The van der Waals surface area contributed by atoms with Crippen molar-refractivity contribution in [3.8, 4) is 5.88 Å². The van der Waals surface area contributed by atoms with E-state index in [1.807, 2.05) is 0 Å². The predicted octanol–water partition coefficient (Wildman–Crippen LogP) is 3.69. The van der Waals surface area contributed by atoms with Crippen molar-refractivity contribution in [3.05, 3.63) is 63.1 Å². The molecule has 0 radical (unpaired) electrons. The Morgan fingerprint density at radius 2 is 2.15 bits per heavy atom. The van der Waals surface area contributed by atoms with Gasteiger partial charge >= 0.3 is 0 Å². The van der Waals surface area contributed by atoms with Crippen LogP contribution in [0.15, 0.2) is 30.5 Å². The van der Waals surface area contributed by atoms with Crippen LogP contribution in [0.3, 0.4) is 0 Å². The van der Waals surface area contributed by atoms with E-state index in [2.05, 4.69) is 10.3 Å². The summed E-state index contributed by atoms with van der Waals surface area (Å²) in [6.45, 7) is 1.43. The Hall–Kier alpha value is -3.03. The first-order valence-electron chi connectivity index (χ1n) is 8.79. The highest BCUT2D eigenvalue weighted by molar-refractivity contribution is 5.95. The molecule has 1 aliphatic carbocycles. The molecular formula is C19H20FN3O4. The Morgan fingerprint density at radius 3 is 2.85 bits per heavy atom. The van der Waals surface area contributed by atoms with Gasteiger partial charge in [-0.2, -0.15) is 0 Å². The van der Waals surface area contributed by atoms with Crippen LogP contribution in [0.5, 0.6) is 5.88 Å². The first kappa shape index (κ1) is 18.8. The maximum absolute atomic E-state index is 13.9. The molecule has 0 bridgehead atoms. The Kier molecular flexibility index (Phi) is 5.63. The van der Waals surface area contributed by atoms with Crippen molar-refractivity contribution in [3.63, 3.8) is 0 Å². The second-order valence-corrected chi connectivity index (χ2v) is 6.53. The molecule has 1 aromatic heterocycles. The molecule has 8 heteroatoms. The third-order valence-corrected chi connectivity index (χ3v) is 4.65. The van der Waals surface area contributed by atoms with Crippen molar-refractivity contribution in [2.24, 2.45) is 0 Å². The van der Waals surface area contributed by atoms with Crippen molar-refractivity contribution < 1.29 is 18.8 Å². The number of carbonyl (C=O) groups is 1. The predicted molar refractivity (Wildman–Crippen MR) is 96.1 cm³/mol. The fourth-order valence-electron chi connectivity index (χ4n) is 3.09. The van der Waals surface area contributed by atoms with Crippen LogP contribution in [0.25, 0.3) is 0 Å². The van der Waals surface area contributed by atoms with E-state index in [1.165, 1.54) is 6.92 Å². The van der Waals surface area contributed by atoms with Gasteiger partial charge in [0.1, 0.15) is 11.9 Å². The molecule has 2 aromatic rings. The number of aromatic nitrogens is 1. The molecule has 0 aliphatic heterocycles. The highest BCUT2D eigenvalue weighted by Gasteiger charge is 2.21. The molecule has 7 nitrogen and oxygen atoms in total. The highest BCUT2D eigenvalue weighted by Crippen LogP contribution is 2.25. The molecule has 0 saturated heterocycles. The van der Waals surface area contributed by atoms with Crippen LogP contribution in [0.1, 0.15) is 47.2 Å². The number of carbonyl (C=O) groups excluding carboxylic acids is 1. The maximum atomic E-state index is 13.9. The SMILES string of the molecule is Cc1c(F)cc(C(=O)NCc2cccnc2OC2CCCC2)cc1[N+](=O)[O-]. The van der Waals surface area contributed by atoms with Gasteiger partial charge in [-0.3, -0.25) is 14.9 Å². The molecule has 1 fully saturated rings. The zero-order valence-electron chi connectivity index (χ0n) is 14.9. The summed E-state index contributed by atoms with van der Waals surface area (Å²) in [4.78, 5) is 26.9. The van der Waals surface area contributed by atoms with Gasteiger partial charge in [0, 0.05) is 29.9 Å². The fraction of sp³-hybridized carbons (Fsp3) is 0.368. The third-order valence-electron chi connectivity index (χ3n) is 4.65. The van der Waals surface area contributed by atoms with Crippen LogP contribution in [0.4, 0.5) is 10.1 Å². The zero-order valence-corrected chi connectivity index (χ0v) is 14.9. The molecule has 3 rings (SSSR count). The molecule has 1 heterocycles.